The summed E-state index contributed by atoms with van der Waals surface area (Å²) in [7, 11) is 0. The van der Waals surface area contributed by atoms with E-state index >= 15 is 0 Å². The molecule has 142 valence electrons. The fourth-order valence-electron chi connectivity index (χ4n) is 4.91. The minimum Gasteiger partial charge on any atom is -0.353 e. The van der Waals surface area contributed by atoms with Gasteiger partial charge in [0.1, 0.15) is 5.82 Å². The summed E-state index contributed by atoms with van der Waals surface area (Å²) in [4.78, 5) is 7.57. The molecule has 1 aliphatic rings. The molecule has 0 atom stereocenters. The van der Waals surface area contributed by atoms with E-state index < -0.39 is 0 Å². The lowest BCUT2D eigenvalue weighted by atomic mass is 9.95. The van der Waals surface area contributed by atoms with Crippen molar-refractivity contribution in [2.24, 2.45) is 0 Å². The highest BCUT2D eigenvalue weighted by molar-refractivity contribution is 5.83. The van der Waals surface area contributed by atoms with Crippen molar-refractivity contribution in [1.82, 2.24) is 14.6 Å². The van der Waals surface area contributed by atoms with Gasteiger partial charge in [-0.1, -0.05) is 31.5 Å². The van der Waals surface area contributed by atoms with Crippen LogP contribution in [0.4, 0.5) is 5.82 Å². The van der Waals surface area contributed by atoms with Gasteiger partial charge >= 0.3 is 0 Å². The fourth-order valence-corrected chi connectivity index (χ4v) is 4.91. The Bertz CT molecular complexity index is 988. The van der Waals surface area contributed by atoms with Gasteiger partial charge in [0.15, 0.2) is 5.65 Å². The van der Waals surface area contributed by atoms with Crippen molar-refractivity contribution in [1.29, 1.82) is 0 Å². The van der Waals surface area contributed by atoms with Crippen molar-refractivity contribution in [3.05, 3.63) is 46.3 Å². The average Bonchev–Trinajstić information content (AvgIpc) is 3.21. The lowest BCUT2D eigenvalue weighted by molar-refractivity contribution is 0.563. The van der Waals surface area contributed by atoms with Gasteiger partial charge in [0.25, 0.3) is 0 Å². The molecular formula is C23H30N4. The summed E-state index contributed by atoms with van der Waals surface area (Å²) in [5, 5.41) is 4.83. The normalized spacial score (nSPS) is 13.8. The molecule has 0 unspecified atom stereocenters. The molecule has 0 fully saturated rings. The number of anilines is 1. The topological polar surface area (TPSA) is 33.4 Å². The minimum atomic E-state index is 0.562. The Balaban J connectivity index is 1.97. The predicted octanol–water partition coefficient (Wildman–Crippen LogP) is 5.18. The van der Waals surface area contributed by atoms with E-state index in [0.29, 0.717) is 6.04 Å². The zero-order valence-corrected chi connectivity index (χ0v) is 17.4. The minimum absolute atomic E-state index is 0.562. The number of hydrogen-bond donors (Lipinski definition) is 0. The Labute approximate surface area is 162 Å². The maximum Gasteiger partial charge on any atom is 0.165 e. The van der Waals surface area contributed by atoms with Crippen LogP contribution in [0.5, 0.6) is 0 Å². The van der Waals surface area contributed by atoms with Crippen molar-refractivity contribution >= 4 is 11.5 Å². The summed E-state index contributed by atoms with van der Waals surface area (Å²) in [5.41, 5.74) is 9.80. The lowest BCUT2D eigenvalue weighted by Crippen LogP contribution is -2.34. The number of benzene rings is 1. The van der Waals surface area contributed by atoms with E-state index in [0.717, 1.165) is 42.7 Å². The van der Waals surface area contributed by atoms with Crippen LogP contribution in [-0.4, -0.2) is 27.2 Å². The number of aromatic nitrogens is 3. The molecule has 2 aromatic heterocycles. The summed E-state index contributed by atoms with van der Waals surface area (Å²) < 4.78 is 2.10. The van der Waals surface area contributed by atoms with E-state index in [4.69, 9.17) is 10.1 Å². The van der Waals surface area contributed by atoms with Crippen LogP contribution in [0.2, 0.25) is 0 Å². The monoisotopic (exact) mass is 362 g/mol. The Hall–Kier alpha value is -2.36. The largest absolute Gasteiger partial charge is 0.353 e. The highest BCUT2D eigenvalue weighted by atomic mass is 15.4. The van der Waals surface area contributed by atoms with E-state index in [1.54, 1.807) is 0 Å². The van der Waals surface area contributed by atoms with Crippen LogP contribution < -0.4 is 4.90 Å². The average molecular weight is 363 g/mol. The first-order valence-electron chi connectivity index (χ1n) is 10.2. The first-order valence-corrected chi connectivity index (χ1v) is 10.2. The third kappa shape index (κ3) is 2.73. The predicted molar refractivity (Wildman–Crippen MR) is 113 cm³/mol. The highest BCUT2D eigenvalue weighted by Gasteiger charge is 2.30. The quantitative estimate of drug-likeness (QED) is 0.641. The molecule has 0 bridgehead atoms. The molecule has 4 rings (SSSR count). The van der Waals surface area contributed by atoms with Gasteiger partial charge in [-0.25, -0.2) is 4.98 Å². The van der Waals surface area contributed by atoms with Gasteiger partial charge in [0.05, 0.1) is 6.20 Å². The zero-order chi connectivity index (χ0) is 19.3. The van der Waals surface area contributed by atoms with Crippen molar-refractivity contribution in [2.45, 2.75) is 66.8 Å². The van der Waals surface area contributed by atoms with E-state index in [1.807, 2.05) is 6.20 Å². The van der Waals surface area contributed by atoms with Crippen LogP contribution in [0.25, 0.3) is 16.8 Å². The van der Waals surface area contributed by atoms with Crippen molar-refractivity contribution in [2.75, 3.05) is 11.4 Å². The molecule has 1 aliphatic heterocycles. The summed E-state index contributed by atoms with van der Waals surface area (Å²) >= 11 is 0. The molecule has 0 radical (unpaired) electrons. The zero-order valence-electron chi connectivity index (χ0n) is 17.4. The summed E-state index contributed by atoms with van der Waals surface area (Å²) in [5.74, 6) is 1.26. The fraction of sp³-hybridized carbons (Fsp3) is 0.478. The van der Waals surface area contributed by atoms with Crippen molar-refractivity contribution < 1.29 is 0 Å². The smallest absolute Gasteiger partial charge is 0.165 e. The van der Waals surface area contributed by atoms with E-state index in [-0.39, 0.29) is 0 Å². The second-order valence-corrected chi connectivity index (χ2v) is 7.98. The highest BCUT2D eigenvalue weighted by Crippen LogP contribution is 2.37. The Morgan fingerprint density at radius 2 is 1.70 bits per heavy atom. The molecule has 1 aromatic carbocycles. The standard InChI is InChI=1S/C23H30N4/c1-7-18(8-2)26-10-9-19-17(6)25-22-20(13-24-27(22)23(19)26)21-15(4)11-14(3)12-16(21)5/h11-13,18H,7-10H2,1-6H3. The second-order valence-electron chi connectivity index (χ2n) is 7.98. The van der Waals surface area contributed by atoms with Crippen LogP contribution in [0.15, 0.2) is 18.3 Å². The van der Waals surface area contributed by atoms with E-state index in [1.165, 1.54) is 33.6 Å². The molecule has 0 saturated heterocycles. The summed E-state index contributed by atoms with van der Waals surface area (Å²) in [6.07, 6.45) is 5.39. The number of fused-ring (bicyclic) bond motifs is 3. The van der Waals surface area contributed by atoms with E-state index in [9.17, 15) is 0 Å². The maximum atomic E-state index is 5.01. The van der Waals surface area contributed by atoms with Crippen molar-refractivity contribution in [3.8, 4) is 11.1 Å². The van der Waals surface area contributed by atoms with Gasteiger partial charge in [-0.15, -0.1) is 0 Å². The molecule has 3 aromatic rings. The van der Waals surface area contributed by atoms with Gasteiger partial charge in [0.2, 0.25) is 0 Å². The molecule has 0 aliphatic carbocycles. The van der Waals surface area contributed by atoms with Gasteiger partial charge in [-0.2, -0.15) is 9.61 Å². The molecule has 4 heteroatoms. The third-order valence-electron chi connectivity index (χ3n) is 6.13. The van der Waals surface area contributed by atoms with E-state index in [2.05, 4.69) is 63.1 Å². The lowest BCUT2D eigenvalue weighted by Gasteiger charge is -2.28. The molecule has 0 N–H and O–H groups in total. The molecular weight excluding hydrogens is 332 g/mol. The second kappa shape index (κ2) is 6.66. The van der Waals surface area contributed by atoms with Crippen LogP contribution in [0.1, 0.15) is 54.6 Å². The SMILES string of the molecule is CCC(CC)N1CCc2c(C)nc3c(-c4c(C)cc(C)cc4C)cnn3c21. The summed E-state index contributed by atoms with van der Waals surface area (Å²) in [6, 6.07) is 5.07. The van der Waals surface area contributed by atoms with Crippen LogP contribution in [0, 0.1) is 27.7 Å². The number of hydrogen-bond acceptors (Lipinski definition) is 3. The molecule has 0 amide bonds. The Morgan fingerprint density at radius 3 is 2.33 bits per heavy atom. The maximum absolute atomic E-state index is 5.01. The van der Waals surface area contributed by atoms with Gasteiger partial charge in [0, 0.05) is 29.4 Å². The molecule has 3 heterocycles. The molecule has 4 nitrogen and oxygen atoms in total. The van der Waals surface area contributed by atoms with Crippen molar-refractivity contribution in [3.63, 3.8) is 0 Å². The Morgan fingerprint density at radius 1 is 1.04 bits per heavy atom. The van der Waals surface area contributed by atoms with Gasteiger partial charge in [-0.3, -0.25) is 0 Å². The number of rotatable bonds is 4. The number of aryl methyl sites for hydroxylation is 4. The number of nitrogens with zero attached hydrogens (tertiary/aromatic N) is 4. The van der Waals surface area contributed by atoms with Gasteiger partial charge in [-0.05, 0) is 63.6 Å². The Kier molecular flexibility index (Phi) is 4.45. The molecule has 0 saturated carbocycles. The molecule has 0 spiro atoms. The summed E-state index contributed by atoms with van der Waals surface area (Å²) in [6.45, 7) is 14.3. The first-order chi connectivity index (χ1) is 13.0. The van der Waals surface area contributed by atoms with Crippen LogP contribution in [-0.2, 0) is 6.42 Å². The third-order valence-corrected chi connectivity index (χ3v) is 6.13. The van der Waals surface area contributed by atoms with Crippen LogP contribution >= 0.6 is 0 Å². The van der Waals surface area contributed by atoms with Gasteiger partial charge < -0.3 is 4.90 Å². The van der Waals surface area contributed by atoms with Crippen LogP contribution in [0.3, 0.4) is 0 Å². The molecule has 27 heavy (non-hydrogen) atoms. The first kappa shape index (κ1) is 18.0.